The van der Waals surface area contributed by atoms with E-state index in [1.54, 1.807) is 0 Å². The van der Waals surface area contributed by atoms with Crippen molar-refractivity contribution >= 4 is 45.6 Å². The molecular weight excluding hydrogens is 396 g/mol. The van der Waals surface area contributed by atoms with Crippen LogP contribution < -0.4 is 4.90 Å². The number of carbonyl (C=O) groups is 1. The highest BCUT2D eigenvalue weighted by molar-refractivity contribution is 8.93. The van der Waals surface area contributed by atoms with Crippen molar-refractivity contribution < 1.29 is 4.79 Å². The first-order valence-corrected chi connectivity index (χ1v) is 9.48. The third-order valence-corrected chi connectivity index (χ3v) is 5.33. The van der Waals surface area contributed by atoms with Crippen molar-refractivity contribution in [3.05, 3.63) is 51.7 Å². The normalized spacial score (nSPS) is 14.2. The number of hydrogen-bond acceptors (Lipinski definition) is 4. The Labute approximate surface area is 164 Å². The number of thiophene rings is 1. The first kappa shape index (κ1) is 19.9. The zero-order valence-electron chi connectivity index (χ0n) is 14.8. The molecule has 0 saturated carbocycles. The van der Waals surface area contributed by atoms with Crippen molar-refractivity contribution in [2.24, 2.45) is 4.99 Å². The predicted octanol–water partition coefficient (Wildman–Crippen LogP) is 5.60. The molecular formula is C20H25BrN2OS. The van der Waals surface area contributed by atoms with Crippen molar-refractivity contribution in [2.45, 2.75) is 39.5 Å². The molecule has 0 atom stereocenters. The molecule has 0 amide bonds. The SMILES string of the molecule is Br.Cc1ccc(C)c(N(CC(=O)c2cccs2)C2=NCCCCC2)c1. The van der Waals surface area contributed by atoms with Gasteiger partial charge >= 0.3 is 0 Å². The molecule has 25 heavy (non-hydrogen) atoms. The van der Waals surface area contributed by atoms with Crippen LogP contribution in [0.25, 0.3) is 0 Å². The van der Waals surface area contributed by atoms with Gasteiger partial charge in [-0.15, -0.1) is 28.3 Å². The summed E-state index contributed by atoms with van der Waals surface area (Å²) in [6, 6.07) is 10.3. The van der Waals surface area contributed by atoms with Crippen molar-refractivity contribution in [2.75, 3.05) is 18.0 Å². The highest BCUT2D eigenvalue weighted by Crippen LogP contribution is 2.25. The van der Waals surface area contributed by atoms with Crippen LogP contribution in [-0.2, 0) is 0 Å². The number of aliphatic imine (C=N–C) groups is 1. The average molecular weight is 421 g/mol. The maximum absolute atomic E-state index is 12.7. The Balaban J connectivity index is 0.00000225. The number of rotatable bonds is 4. The molecule has 2 aromatic rings. The second kappa shape index (κ2) is 9.30. The first-order chi connectivity index (χ1) is 11.6. The summed E-state index contributed by atoms with van der Waals surface area (Å²) >= 11 is 1.51. The van der Waals surface area contributed by atoms with E-state index < -0.39 is 0 Å². The van der Waals surface area contributed by atoms with E-state index in [-0.39, 0.29) is 22.8 Å². The minimum atomic E-state index is 0. The Morgan fingerprint density at radius 1 is 1.20 bits per heavy atom. The minimum absolute atomic E-state index is 0. The second-order valence-corrected chi connectivity index (χ2v) is 7.33. The molecule has 0 bridgehead atoms. The summed E-state index contributed by atoms with van der Waals surface area (Å²) < 4.78 is 0. The molecule has 1 aromatic carbocycles. The van der Waals surface area contributed by atoms with Crippen LogP contribution in [0.1, 0.15) is 46.5 Å². The Morgan fingerprint density at radius 2 is 2.04 bits per heavy atom. The fourth-order valence-electron chi connectivity index (χ4n) is 3.06. The maximum atomic E-state index is 12.7. The van der Waals surface area contributed by atoms with E-state index in [9.17, 15) is 4.79 Å². The summed E-state index contributed by atoms with van der Waals surface area (Å²) in [6.07, 6.45) is 4.45. The Bertz CT molecular complexity index is 740. The number of Topliss-reactive ketones (excluding diaryl/α,β-unsaturated/α-hetero) is 1. The highest BCUT2D eigenvalue weighted by Gasteiger charge is 2.21. The fraction of sp³-hybridized carbons (Fsp3) is 0.400. The lowest BCUT2D eigenvalue weighted by Crippen LogP contribution is -2.36. The summed E-state index contributed by atoms with van der Waals surface area (Å²) in [6.45, 7) is 5.43. The van der Waals surface area contributed by atoms with Gasteiger partial charge in [-0.05, 0) is 55.3 Å². The number of anilines is 1. The summed E-state index contributed by atoms with van der Waals surface area (Å²) in [4.78, 5) is 20.5. The number of amidine groups is 1. The molecule has 0 spiro atoms. The van der Waals surface area contributed by atoms with E-state index in [4.69, 9.17) is 4.99 Å². The third kappa shape index (κ3) is 5.02. The van der Waals surface area contributed by atoms with Gasteiger partial charge in [0.2, 0.25) is 0 Å². The first-order valence-electron chi connectivity index (χ1n) is 8.60. The van der Waals surface area contributed by atoms with Crippen LogP contribution in [0.4, 0.5) is 5.69 Å². The van der Waals surface area contributed by atoms with Crippen molar-refractivity contribution in [1.29, 1.82) is 0 Å². The van der Waals surface area contributed by atoms with Gasteiger partial charge in [0.25, 0.3) is 0 Å². The molecule has 5 heteroatoms. The van der Waals surface area contributed by atoms with Crippen LogP contribution in [0.2, 0.25) is 0 Å². The predicted molar refractivity (Wildman–Crippen MR) is 113 cm³/mol. The molecule has 0 N–H and O–H groups in total. The Kier molecular flexibility index (Phi) is 7.38. The fourth-order valence-corrected chi connectivity index (χ4v) is 3.72. The minimum Gasteiger partial charge on any atom is -0.322 e. The Hall–Kier alpha value is -1.46. The van der Waals surface area contributed by atoms with Crippen molar-refractivity contribution in [1.82, 2.24) is 0 Å². The number of aryl methyl sites for hydroxylation is 2. The van der Waals surface area contributed by atoms with Crippen molar-refractivity contribution in [3.63, 3.8) is 0 Å². The molecule has 0 saturated heterocycles. The summed E-state index contributed by atoms with van der Waals surface area (Å²) in [5, 5.41) is 1.96. The highest BCUT2D eigenvalue weighted by atomic mass is 79.9. The zero-order chi connectivity index (χ0) is 16.9. The van der Waals surface area contributed by atoms with Crippen molar-refractivity contribution in [3.8, 4) is 0 Å². The smallest absolute Gasteiger partial charge is 0.192 e. The second-order valence-electron chi connectivity index (χ2n) is 6.39. The van der Waals surface area contributed by atoms with Gasteiger partial charge in [0, 0.05) is 18.7 Å². The zero-order valence-corrected chi connectivity index (χ0v) is 17.4. The van der Waals surface area contributed by atoms with Crippen LogP contribution >= 0.6 is 28.3 Å². The van der Waals surface area contributed by atoms with E-state index in [1.165, 1.54) is 28.9 Å². The lowest BCUT2D eigenvalue weighted by Gasteiger charge is -2.27. The lowest BCUT2D eigenvalue weighted by molar-refractivity contribution is 0.101. The molecule has 0 fully saturated rings. The number of nitrogens with zero attached hydrogens (tertiary/aromatic N) is 2. The van der Waals surface area contributed by atoms with E-state index in [0.717, 1.165) is 42.2 Å². The number of halogens is 1. The quantitative estimate of drug-likeness (QED) is 0.602. The molecule has 1 aromatic heterocycles. The molecule has 0 radical (unpaired) electrons. The van der Waals surface area contributed by atoms with Gasteiger partial charge in [-0.3, -0.25) is 9.79 Å². The van der Waals surface area contributed by atoms with Gasteiger partial charge < -0.3 is 4.90 Å². The van der Waals surface area contributed by atoms with Crippen LogP contribution in [0.5, 0.6) is 0 Å². The van der Waals surface area contributed by atoms with E-state index >= 15 is 0 Å². The molecule has 1 aliphatic heterocycles. The van der Waals surface area contributed by atoms with E-state index in [1.807, 2.05) is 17.5 Å². The molecule has 2 heterocycles. The van der Waals surface area contributed by atoms with Gasteiger partial charge in [-0.1, -0.05) is 24.6 Å². The van der Waals surface area contributed by atoms with Gasteiger partial charge in [0.05, 0.1) is 11.4 Å². The summed E-state index contributed by atoms with van der Waals surface area (Å²) in [7, 11) is 0. The van der Waals surface area contributed by atoms with Crippen LogP contribution in [0.15, 0.2) is 40.7 Å². The largest absolute Gasteiger partial charge is 0.322 e. The van der Waals surface area contributed by atoms with E-state index in [0.29, 0.717) is 6.54 Å². The number of benzene rings is 1. The topological polar surface area (TPSA) is 32.7 Å². The van der Waals surface area contributed by atoms with Gasteiger partial charge in [0.1, 0.15) is 5.84 Å². The average Bonchev–Trinajstić information content (AvgIpc) is 2.98. The van der Waals surface area contributed by atoms with Gasteiger partial charge in [-0.25, -0.2) is 0 Å². The number of hydrogen-bond donors (Lipinski definition) is 0. The third-order valence-electron chi connectivity index (χ3n) is 4.42. The van der Waals surface area contributed by atoms with Crippen LogP contribution in [0, 0.1) is 13.8 Å². The molecule has 0 aliphatic carbocycles. The number of ketones is 1. The molecule has 1 aliphatic rings. The lowest BCUT2D eigenvalue weighted by atomic mass is 10.1. The summed E-state index contributed by atoms with van der Waals surface area (Å²) in [5.41, 5.74) is 3.51. The van der Waals surface area contributed by atoms with Crippen LogP contribution in [-0.4, -0.2) is 24.7 Å². The molecule has 0 unspecified atom stereocenters. The standard InChI is InChI=1S/C20H24N2OS.BrH/c1-15-9-10-16(2)17(13-15)22(20-8-4-3-5-11-21-20)14-18(23)19-7-6-12-24-19;/h6-7,9-10,12-13H,3-5,8,11,14H2,1-2H3;1H. The van der Waals surface area contributed by atoms with E-state index in [2.05, 4.69) is 36.9 Å². The van der Waals surface area contributed by atoms with Crippen LogP contribution in [0.3, 0.4) is 0 Å². The molecule has 3 nitrogen and oxygen atoms in total. The summed E-state index contributed by atoms with van der Waals surface area (Å²) in [5.74, 6) is 1.23. The Morgan fingerprint density at radius 3 is 2.80 bits per heavy atom. The van der Waals surface area contributed by atoms with Gasteiger partial charge in [0.15, 0.2) is 5.78 Å². The molecule has 3 rings (SSSR count). The monoisotopic (exact) mass is 420 g/mol. The maximum Gasteiger partial charge on any atom is 0.192 e. The number of carbonyl (C=O) groups excluding carboxylic acids is 1. The molecule has 134 valence electrons. The van der Waals surface area contributed by atoms with Gasteiger partial charge in [-0.2, -0.15) is 0 Å².